The van der Waals surface area contributed by atoms with Crippen LogP contribution in [0.4, 0.5) is 22.7 Å². The number of carbonyl (C=O) groups excluding carboxylic acids is 1. The third-order valence-electron chi connectivity index (χ3n) is 3.01. The summed E-state index contributed by atoms with van der Waals surface area (Å²) < 4.78 is 0. The minimum Gasteiger partial charge on any atom is -0.378 e. The highest BCUT2D eigenvalue weighted by atomic mass is 16.1. The van der Waals surface area contributed by atoms with Gasteiger partial charge in [0.05, 0.1) is 0 Å². The molecule has 0 aliphatic carbocycles. The summed E-state index contributed by atoms with van der Waals surface area (Å²) in [5.41, 5.74) is 3.88. The Hall–Kier alpha value is -2.75. The standard InChI is InChI=1S/C17H19N3O/c1-4-17(21)19-15-7-5-13(6-8-15)18-14-9-11-16(12-10-14)20(2)3/h4-12,18H,1H2,2-3H3,(H,19,21). The lowest BCUT2D eigenvalue weighted by atomic mass is 10.2. The van der Waals surface area contributed by atoms with Crippen molar-refractivity contribution in [3.63, 3.8) is 0 Å². The molecule has 0 aliphatic heterocycles. The number of hydrogen-bond donors (Lipinski definition) is 2. The molecule has 2 N–H and O–H groups in total. The molecule has 4 nitrogen and oxygen atoms in total. The molecule has 0 saturated carbocycles. The first kappa shape index (κ1) is 14.7. The summed E-state index contributed by atoms with van der Waals surface area (Å²) in [6.45, 7) is 3.42. The van der Waals surface area contributed by atoms with E-state index in [1.807, 2.05) is 50.5 Å². The lowest BCUT2D eigenvalue weighted by Crippen LogP contribution is -2.08. The van der Waals surface area contributed by atoms with Gasteiger partial charge in [0, 0.05) is 36.8 Å². The zero-order valence-electron chi connectivity index (χ0n) is 12.3. The van der Waals surface area contributed by atoms with E-state index in [2.05, 4.69) is 34.2 Å². The molecule has 0 heterocycles. The van der Waals surface area contributed by atoms with Crippen molar-refractivity contribution >= 4 is 28.7 Å². The number of nitrogens with one attached hydrogen (secondary N) is 2. The Morgan fingerprint density at radius 3 is 1.90 bits per heavy atom. The van der Waals surface area contributed by atoms with Crippen LogP contribution in [0.5, 0.6) is 0 Å². The Labute approximate surface area is 125 Å². The van der Waals surface area contributed by atoms with Gasteiger partial charge in [0.1, 0.15) is 0 Å². The molecule has 0 aromatic heterocycles. The van der Waals surface area contributed by atoms with Gasteiger partial charge >= 0.3 is 0 Å². The van der Waals surface area contributed by atoms with Crippen molar-refractivity contribution in [1.29, 1.82) is 0 Å². The molecule has 0 unspecified atom stereocenters. The minimum atomic E-state index is -0.213. The van der Waals surface area contributed by atoms with Crippen LogP contribution in [0.15, 0.2) is 61.2 Å². The van der Waals surface area contributed by atoms with Gasteiger partial charge in [-0.3, -0.25) is 4.79 Å². The smallest absolute Gasteiger partial charge is 0.247 e. The van der Waals surface area contributed by atoms with Gasteiger partial charge in [0.15, 0.2) is 0 Å². The molecule has 0 saturated heterocycles. The maximum absolute atomic E-state index is 11.2. The zero-order chi connectivity index (χ0) is 15.2. The molecule has 0 radical (unpaired) electrons. The second-order valence-electron chi connectivity index (χ2n) is 4.84. The number of benzene rings is 2. The van der Waals surface area contributed by atoms with Gasteiger partial charge in [0.25, 0.3) is 0 Å². The van der Waals surface area contributed by atoms with Crippen LogP contribution in [-0.2, 0) is 4.79 Å². The second kappa shape index (κ2) is 6.61. The van der Waals surface area contributed by atoms with E-state index in [1.54, 1.807) is 0 Å². The third-order valence-corrected chi connectivity index (χ3v) is 3.01. The maximum atomic E-state index is 11.2. The zero-order valence-corrected chi connectivity index (χ0v) is 12.3. The fourth-order valence-electron chi connectivity index (χ4n) is 1.84. The minimum absolute atomic E-state index is 0.213. The van der Waals surface area contributed by atoms with Gasteiger partial charge in [0.2, 0.25) is 5.91 Å². The van der Waals surface area contributed by atoms with Crippen LogP contribution in [0, 0.1) is 0 Å². The molecule has 0 spiro atoms. The van der Waals surface area contributed by atoms with Crippen molar-refractivity contribution in [2.24, 2.45) is 0 Å². The molecule has 0 bridgehead atoms. The number of rotatable bonds is 5. The fraction of sp³-hybridized carbons (Fsp3) is 0.118. The van der Waals surface area contributed by atoms with Crippen molar-refractivity contribution in [1.82, 2.24) is 0 Å². The molecule has 4 heteroatoms. The molecule has 1 amide bonds. The number of anilines is 4. The first-order chi connectivity index (χ1) is 10.1. The largest absolute Gasteiger partial charge is 0.378 e. The third kappa shape index (κ3) is 4.11. The Bertz CT molecular complexity index is 615. The number of hydrogen-bond acceptors (Lipinski definition) is 3. The van der Waals surface area contributed by atoms with E-state index in [4.69, 9.17) is 0 Å². The van der Waals surface area contributed by atoms with Crippen LogP contribution >= 0.6 is 0 Å². The molecule has 2 aromatic carbocycles. The Balaban J connectivity index is 2.02. The Morgan fingerprint density at radius 1 is 0.952 bits per heavy atom. The number of nitrogens with zero attached hydrogens (tertiary/aromatic N) is 1. The normalized spacial score (nSPS) is 9.81. The topological polar surface area (TPSA) is 44.4 Å². The second-order valence-corrected chi connectivity index (χ2v) is 4.84. The summed E-state index contributed by atoms with van der Waals surface area (Å²) in [7, 11) is 4.03. The summed E-state index contributed by atoms with van der Waals surface area (Å²) in [6, 6.07) is 15.7. The molecule has 108 valence electrons. The SMILES string of the molecule is C=CC(=O)Nc1ccc(Nc2ccc(N(C)C)cc2)cc1. The summed E-state index contributed by atoms with van der Waals surface area (Å²) in [4.78, 5) is 13.3. The molecule has 0 atom stereocenters. The van der Waals surface area contributed by atoms with Crippen molar-refractivity contribution in [3.8, 4) is 0 Å². The van der Waals surface area contributed by atoms with Gasteiger partial charge in [-0.15, -0.1) is 0 Å². The fourth-order valence-corrected chi connectivity index (χ4v) is 1.84. The van der Waals surface area contributed by atoms with E-state index >= 15 is 0 Å². The summed E-state index contributed by atoms with van der Waals surface area (Å²) >= 11 is 0. The lowest BCUT2D eigenvalue weighted by Gasteiger charge is -2.13. The summed E-state index contributed by atoms with van der Waals surface area (Å²) in [6.07, 6.45) is 1.25. The number of carbonyl (C=O) groups is 1. The Kier molecular flexibility index (Phi) is 4.61. The van der Waals surface area contributed by atoms with Gasteiger partial charge in [-0.2, -0.15) is 0 Å². The monoisotopic (exact) mass is 281 g/mol. The molecule has 0 fully saturated rings. The van der Waals surface area contributed by atoms with E-state index in [9.17, 15) is 4.79 Å². The molecule has 0 aliphatic rings. The predicted molar refractivity (Wildman–Crippen MR) is 89.3 cm³/mol. The maximum Gasteiger partial charge on any atom is 0.247 e. The van der Waals surface area contributed by atoms with E-state index in [1.165, 1.54) is 6.08 Å². The van der Waals surface area contributed by atoms with Crippen LogP contribution in [-0.4, -0.2) is 20.0 Å². The molecular formula is C17H19N3O. The van der Waals surface area contributed by atoms with Crippen LogP contribution in [0.2, 0.25) is 0 Å². The van der Waals surface area contributed by atoms with E-state index < -0.39 is 0 Å². The van der Waals surface area contributed by atoms with Crippen molar-refractivity contribution in [3.05, 3.63) is 61.2 Å². The van der Waals surface area contributed by atoms with Crippen LogP contribution in [0.3, 0.4) is 0 Å². The quantitative estimate of drug-likeness (QED) is 0.823. The molecule has 2 aromatic rings. The van der Waals surface area contributed by atoms with Gasteiger partial charge in [-0.05, 0) is 54.6 Å². The van der Waals surface area contributed by atoms with Gasteiger partial charge < -0.3 is 15.5 Å². The highest BCUT2D eigenvalue weighted by Crippen LogP contribution is 2.21. The first-order valence-corrected chi connectivity index (χ1v) is 6.66. The molecular weight excluding hydrogens is 262 g/mol. The van der Waals surface area contributed by atoms with E-state index in [0.717, 1.165) is 22.7 Å². The first-order valence-electron chi connectivity index (χ1n) is 6.66. The van der Waals surface area contributed by atoms with Crippen molar-refractivity contribution in [2.45, 2.75) is 0 Å². The van der Waals surface area contributed by atoms with Gasteiger partial charge in [-0.1, -0.05) is 6.58 Å². The highest BCUT2D eigenvalue weighted by molar-refractivity contribution is 5.98. The van der Waals surface area contributed by atoms with Crippen molar-refractivity contribution in [2.75, 3.05) is 29.6 Å². The van der Waals surface area contributed by atoms with Gasteiger partial charge in [-0.25, -0.2) is 0 Å². The average Bonchev–Trinajstić information content (AvgIpc) is 2.49. The summed E-state index contributed by atoms with van der Waals surface area (Å²) in [5.74, 6) is -0.213. The Morgan fingerprint density at radius 2 is 1.43 bits per heavy atom. The number of amides is 1. The van der Waals surface area contributed by atoms with Crippen LogP contribution < -0.4 is 15.5 Å². The van der Waals surface area contributed by atoms with Crippen molar-refractivity contribution < 1.29 is 4.79 Å². The lowest BCUT2D eigenvalue weighted by molar-refractivity contribution is -0.111. The van der Waals surface area contributed by atoms with Crippen LogP contribution in [0.1, 0.15) is 0 Å². The van der Waals surface area contributed by atoms with E-state index in [-0.39, 0.29) is 5.91 Å². The predicted octanol–water partition coefficient (Wildman–Crippen LogP) is 3.62. The van der Waals surface area contributed by atoms with E-state index in [0.29, 0.717) is 0 Å². The van der Waals surface area contributed by atoms with Crippen LogP contribution in [0.25, 0.3) is 0 Å². The molecule has 21 heavy (non-hydrogen) atoms. The molecule has 2 rings (SSSR count). The average molecular weight is 281 g/mol. The summed E-state index contributed by atoms with van der Waals surface area (Å²) in [5, 5.41) is 6.03. The highest BCUT2D eigenvalue weighted by Gasteiger charge is 1.99.